The summed E-state index contributed by atoms with van der Waals surface area (Å²) in [5.74, 6) is 0.760. The molecule has 102 valence electrons. The summed E-state index contributed by atoms with van der Waals surface area (Å²) in [7, 11) is 1.49. The third-order valence-electron chi connectivity index (χ3n) is 3.08. The van der Waals surface area contributed by atoms with E-state index in [9.17, 15) is 4.39 Å². The molecule has 0 aliphatic rings. The molecule has 0 aliphatic heterocycles. The summed E-state index contributed by atoms with van der Waals surface area (Å²) in [4.78, 5) is 0. The smallest absolute Gasteiger partial charge is 0.169 e. The van der Waals surface area contributed by atoms with Crippen molar-refractivity contribution in [2.24, 2.45) is 5.92 Å². The molecule has 1 aromatic carbocycles. The number of rotatable bonds is 7. The van der Waals surface area contributed by atoms with Gasteiger partial charge in [0, 0.05) is 18.2 Å². The number of benzene rings is 1. The van der Waals surface area contributed by atoms with Gasteiger partial charge in [0.1, 0.15) is 0 Å². The van der Waals surface area contributed by atoms with Gasteiger partial charge in [-0.1, -0.05) is 26.0 Å². The van der Waals surface area contributed by atoms with Gasteiger partial charge in [0.05, 0.1) is 7.11 Å². The summed E-state index contributed by atoms with van der Waals surface area (Å²) in [6.07, 6.45) is 2.30. The molecule has 0 aromatic heterocycles. The van der Waals surface area contributed by atoms with Gasteiger partial charge < -0.3 is 10.1 Å². The molecule has 0 amide bonds. The monoisotopic (exact) mass is 253 g/mol. The van der Waals surface area contributed by atoms with Crippen molar-refractivity contribution >= 4 is 0 Å². The number of hydrogen-bond acceptors (Lipinski definition) is 2. The van der Waals surface area contributed by atoms with E-state index in [1.807, 2.05) is 6.07 Å². The van der Waals surface area contributed by atoms with Gasteiger partial charge in [-0.25, -0.2) is 4.39 Å². The highest BCUT2D eigenvalue weighted by Crippen LogP contribution is 2.20. The molecule has 18 heavy (non-hydrogen) atoms. The standard InChI is InChI=1S/C15H24FNO/c1-11(2)8-9-12(3)17-10-13-6-5-7-14(18-4)15(13)16/h5-7,11-12,17H,8-10H2,1-4H3. The molecule has 0 heterocycles. The second kappa shape index (κ2) is 7.37. The molecular weight excluding hydrogens is 229 g/mol. The Balaban J connectivity index is 2.48. The van der Waals surface area contributed by atoms with Gasteiger partial charge in [-0.2, -0.15) is 0 Å². The van der Waals surface area contributed by atoms with Gasteiger partial charge >= 0.3 is 0 Å². The fourth-order valence-electron chi connectivity index (χ4n) is 1.82. The maximum absolute atomic E-state index is 13.9. The van der Waals surface area contributed by atoms with Gasteiger partial charge in [0.2, 0.25) is 0 Å². The Labute approximate surface area is 110 Å². The van der Waals surface area contributed by atoms with E-state index in [1.165, 1.54) is 13.5 Å². The first-order valence-electron chi connectivity index (χ1n) is 6.59. The fourth-order valence-corrected chi connectivity index (χ4v) is 1.82. The van der Waals surface area contributed by atoms with Gasteiger partial charge in [-0.3, -0.25) is 0 Å². The first kappa shape index (κ1) is 15.0. The van der Waals surface area contributed by atoms with E-state index in [0.29, 0.717) is 29.8 Å². The molecule has 1 unspecified atom stereocenters. The second-order valence-electron chi connectivity index (χ2n) is 5.19. The molecule has 0 saturated carbocycles. The third kappa shape index (κ3) is 4.65. The SMILES string of the molecule is COc1cccc(CNC(C)CCC(C)C)c1F. The third-order valence-corrected chi connectivity index (χ3v) is 3.08. The molecule has 3 heteroatoms. The largest absolute Gasteiger partial charge is 0.494 e. The predicted octanol–water partition coefficient (Wildman–Crippen LogP) is 3.75. The van der Waals surface area contributed by atoms with Crippen LogP contribution in [0.1, 0.15) is 39.2 Å². The number of nitrogens with one attached hydrogen (secondary N) is 1. The summed E-state index contributed by atoms with van der Waals surface area (Å²) < 4.78 is 18.8. The van der Waals surface area contributed by atoms with Crippen molar-refractivity contribution < 1.29 is 9.13 Å². The average molecular weight is 253 g/mol. The van der Waals surface area contributed by atoms with E-state index >= 15 is 0 Å². The van der Waals surface area contributed by atoms with Crippen LogP contribution < -0.4 is 10.1 Å². The van der Waals surface area contributed by atoms with Crippen LogP contribution in [0.3, 0.4) is 0 Å². The maximum atomic E-state index is 13.9. The molecule has 1 rings (SSSR count). The van der Waals surface area contributed by atoms with Crippen LogP contribution in [0, 0.1) is 11.7 Å². The molecule has 1 N–H and O–H groups in total. The highest BCUT2D eigenvalue weighted by atomic mass is 19.1. The van der Waals surface area contributed by atoms with Crippen LogP contribution >= 0.6 is 0 Å². The first-order valence-corrected chi connectivity index (χ1v) is 6.59. The molecule has 0 aliphatic carbocycles. The van der Waals surface area contributed by atoms with Crippen molar-refractivity contribution in [3.05, 3.63) is 29.6 Å². The van der Waals surface area contributed by atoms with Gasteiger partial charge in [0.25, 0.3) is 0 Å². The Bertz CT molecular complexity index is 366. The van der Waals surface area contributed by atoms with Crippen molar-refractivity contribution in [1.82, 2.24) is 5.32 Å². The van der Waals surface area contributed by atoms with E-state index in [2.05, 4.69) is 26.1 Å². The lowest BCUT2D eigenvalue weighted by Crippen LogP contribution is -2.26. The van der Waals surface area contributed by atoms with Crippen LogP contribution in [0.25, 0.3) is 0 Å². The quantitative estimate of drug-likeness (QED) is 0.799. The van der Waals surface area contributed by atoms with Crippen molar-refractivity contribution in [2.75, 3.05) is 7.11 Å². The van der Waals surface area contributed by atoms with Gasteiger partial charge in [-0.15, -0.1) is 0 Å². The summed E-state index contributed by atoms with van der Waals surface area (Å²) >= 11 is 0. The summed E-state index contributed by atoms with van der Waals surface area (Å²) in [5.41, 5.74) is 0.658. The maximum Gasteiger partial charge on any atom is 0.169 e. The van der Waals surface area contributed by atoms with E-state index in [4.69, 9.17) is 4.74 Å². The Morgan fingerprint density at radius 1 is 1.22 bits per heavy atom. The Hall–Kier alpha value is -1.09. The molecule has 0 bridgehead atoms. The van der Waals surface area contributed by atoms with Crippen molar-refractivity contribution in [3.63, 3.8) is 0 Å². The van der Waals surface area contributed by atoms with Crippen molar-refractivity contribution in [1.29, 1.82) is 0 Å². The van der Waals surface area contributed by atoms with Gasteiger partial charge in [-0.05, 0) is 31.7 Å². The van der Waals surface area contributed by atoms with Gasteiger partial charge in [0.15, 0.2) is 11.6 Å². The molecule has 1 aromatic rings. The molecular formula is C15H24FNO. The van der Waals surface area contributed by atoms with Crippen LogP contribution in [0.15, 0.2) is 18.2 Å². The lowest BCUT2D eigenvalue weighted by Gasteiger charge is -2.15. The molecule has 0 radical (unpaired) electrons. The van der Waals surface area contributed by atoms with Crippen molar-refractivity contribution in [3.8, 4) is 5.75 Å². The Kier molecular flexibility index (Phi) is 6.13. The minimum atomic E-state index is -0.261. The van der Waals surface area contributed by atoms with Crippen molar-refractivity contribution in [2.45, 2.75) is 46.2 Å². The Morgan fingerprint density at radius 2 is 1.94 bits per heavy atom. The lowest BCUT2D eigenvalue weighted by molar-refractivity contribution is 0.381. The van der Waals surface area contributed by atoms with E-state index < -0.39 is 0 Å². The zero-order chi connectivity index (χ0) is 13.5. The highest BCUT2D eigenvalue weighted by molar-refractivity contribution is 5.30. The van der Waals surface area contributed by atoms with Crippen LogP contribution in [0.2, 0.25) is 0 Å². The summed E-state index contributed by atoms with van der Waals surface area (Å²) in [6.45, 7) is 7.12. The van der Waals surface area contributed by atoms with Crippen LogP contribution in [-0.4, -0.2) is 13.2 Å². The van der Waals surface area contributed by atoms with Crippen LogP contribution in [0.4, 0.5) is 4.39 Å². The first-order chi connectivity index (χ1) is 8.54. The topological polar surface area (TPSA) is 21.3 Å². The molecule has 2 nitrogen and oxygen atoms in total. The average Bonchev–Trinajstić information content (AvgIpc) is 2.35. The zero-order valence-electron chi connectivity index (χ0n) is 11.8. The zero-order valence-corrected chi connectivity index (χ0v) is 11.8. The number of halogens is 1. The van der Waals surface area contributed by atoms with Crippen LogP contribution in [-0.2, 0) is 6.54 Å². The number of ether oxygens (including phenoxy) is 1. The Morgan fingerprint density at radius 3 is 2.56 bits per heavy atom. The normalized spacial score (nSPS) is 12.8. The number of methoxy groups -OCH3 is 1. The predicted molar refractivity (Wildman–Crippen MR) is 73.3 cm³/mol. The molecule has 0 saturated heterocycles. The fraction of sp³-hybridized carbons (Fsp3) is 0.600. The highest BCUT2D eigenvalue weighted by Gasteiger charge is 2.09. The van der Waals surface area contributed by atoms with E-state index in [1.54, 1.807) is 12.1 Å². The summed E-state index contributed by atoms with van der Waals surface area (Å²) in [5, 5.41) is 3.35. The van der Waals surface area contributed by atoms with E-state index in [-0.39, 0.29) is 5.82 Å². The number of hydrogen-bond donors (Lipinski definition) is 1. The molecule has 0 fully saturated rings. The summed E-state index contributed by atoms with van der Waals surface area (Å²) in [6, 6.07) is 5.65. The minimum absolute atomic E-state index is 0.261. The second-order valence-corrected chi connectivity index (χ2v) is 5.19. The molecule has 0 spiro atoms. The van der Waals surface area contributed by atoms with E-state index in [0.717, 1.165) is 6.42 Å². The van der Waals surface area contributed by atoms with Crippen LogP contribution in [0.5, 0.6) is 5.75 Å². The lowest BCUT2D eigenvalue weighted by atomic mass is 10.0. The molecule has 1 atom stereocenters. The minimum Gasteiger partial charge on any atom is -0.494 e.